The van der Waals surface area contributed by atoms with Crippen LogP contribution in [0.5, 0.6) is 0 Å². The predicted octanol–water partition coefficient (Wildman–Crippen LogP) is 5.11. The number of hydrogen-bond acceptors (Lipinski definition) is 8. The second-order valence-corrected chi connectivity index (χ2v) is 7.44. The summed E-state index contributed by atoms with van der Waals surface area (Å²) in [6.07, 6.45) is -0.176. The predicted molar refractivity (Wildman–Crippen MR) is 114 cm³/mol. The molecule has 0 aliphatic heterocycles. The van der Waals surface area contributed by atoms with E-state index in [0.29, 0.717) is 0 Å². The van der Waals surface area contributed by atoms with E-state index in [4.69, 9.17) is 14.3 Å². The van der Waals surface area contributed by atoms with Crippen molar-refractivity contribution in [1.82, 2.24) is 25.4 Å². The fraction of sp³-hybridized carbons (Fsp3) is 0.0500. The number of alkyl halides is 3. The highest BCUT2D eigenvalue weighted by atomic mass is 32.1. The fourth-order valence-electron chi connectivity index (χ4n) is 2.70. The number of aliphatic carboxylic acids is 1. The molecule has 0 fully saturated rings. The van der Waals surface area contributed by atoms with E-state index in [0.717, 1.165) is 43.6 Å². The third-order valence-corrected chi connectivity index (χ3v) is 5.07. The van der Waals surface area contributed by atoms with Crippen molar-refractivity contribution in [2.24, 2.45) is 0 Å². The van der Waals surface area contributed by atoms with Gasteiger partial charge in [-0.15, -0.1) is 10.2 Å². The summed E-state index contributed by atoms with van der Waals surface area (Å²) in [4.78, 5) is 12.9. The zero-order chi connectivity index (χ0) is 23.4. The molecule has 5 rings (SSSR count). The Kier molecular flexibility index (Phi) is 6.04. The van der Waals surface area contributed by atoms with Crippen LogP contribution in [0.4, 0.5) is 24.0 Å². The van der Waals surface area contributed by atoms with Crippen molar-refractivity contribution < 1.29 is 27.5 Å². The molecule has 3 N–H and O–H groups in total. The summed E-state index contributed by atoms with van der Waals surface area (Å²) in [6.45, 7) is 0. The third-order valence-electron chi connectivity index (χ3n) is 4.19. The van der Waals surface area contributed by atoms with Crippen LogP contribution < -0.4 is 5.32 Å². The number of oxazole rings is 1. The van der Waals surface area contributed by atoms with Crippen LogP contribution in [0.3, 0.4) is 0 Å². The molecule has 9 nitrogen and oxygen atoms in total. The van der Waals surface area contributed by atoms with Crippen LogP contribution in [-0.2, 0) is 4.79 Å². The Morgan fingerprint density at radius 3 is 2.61 bits per heavy atom. The number of carboxylic acids is 1. The number of fused-ring (bicyclic) bond motifs is 1. The number of nitrogens with one attached hydrogen (secondary N) is 2. The van der Waals surface area contributed by atoms with Crippen LogP contribution in [0.1, 0.15) is 0 Å². The van der Waals surface area contributed by atoms with Gasteiger partial charge in [0.15, 0.2) is 12.2 Å². The molecular formula is C20H13F3N6O3S. The number of anilines is 2. The van der Waals surface area contributed by atoms with Crippen LogP contribution in [0.2, 0.25) is 0 Å². The first-order valence-corrected chi connectivity index (χ1v) is 9.94. The van der Waals surface area contributed by atoms with Gasteiger partial charge in [-0.1, -0.05) is 29.5 Å². The number of halogens is 3. The summed E-state index contributed by atoms with van der Waals surface area (Å²) in [6, 6.07) is 13.9. The Bertz CT molecular complexity index is 1380. The van der Waals surface area contributed by atoms with Gasteiger partial charge in [-0.25, -0.2) is 9.78 Å². The quantitative estimate of drug-likeness (QED) is 0.328. The topological polar surface area (TPSA) is 130 Å². The molecule has 3 heterocycles. The zero-order valence-corrected chi connectivity index (χ0v) is 17.2. The number of aromatic nitrogens is 5. The number of nitrogens with zero attached hydrogens (tertiary/aromatic N) is 4. The molecule has 0 spiro atoms. The van der Waals surface area contributed by atoms with E-state index in [-0.39, 0.29) is 0 Å². The highest BCUT2D eigenvalue weighted by molar-refractivity contribution is 7.18. The second-order valence-electron chi connectivity index (χ2n) is 6.46. The molecule has 33 heavy (non-hydrogen) atoms. The Hall–Kier alpha value is -4.26. The lowest BCUT2D eigenvalue weighted by molar-refractivity contribution is -0.192. The number of carbonyl (C=O) groups is 1. The molecule has 0 atom stereocenters. The van der Waals surface area contributed by atoms with Crippen molar-refractivity contribution >= 4 is 39.0 Å². The van der Waals surface area contributed by atoms with Crippen LogP contribution in [0, 0.1) is 0 Å². The molecule has 3 aromatic heterocycles. The van der Waals surface area contributed by atoms with E-state index >= 15 is 0 Å². The number of hydrogen-bond donors (Lipinski definition) is 3. The van der Waals surface area contributed by atoms with E-state index in [1.54, 1.807) is 12.4 Å². The molecule has 0 saturated carbocycles. The summed E-state index contributed by atoms with van der Waals surface area (Å²) in [5, 5.41) is 28.5. The molecule has 0 unspecified atom stereocenters. The lowest BCUT2D eigenvalue weighted by atomic mass is 10.1. The molecule has 0 bridgehead atoms. The van der Waals surface area contributed by atoms with Gasteiger partial charge in [0.1, 0.15) is 5.01 Å². The largest absolute Gasteiger partial charge is 0.490 e. The molecule has 2 aromatic carbocycles. The minimum atomic E-state index is -5.08. The minimum Gasteiger partial charge on any atom is -0.475 e. The Labute approximate surface area is 186 Å². The molecule has 0 aliphatic carbocycles. The van der Waals surface area contributed by atoms with Crippen LogP contribution in [0.25, 0.3) is 32.8 Å². The van der Waals surface area contributed by atoms with Crippen LogP contribution >= 0.6 is 11.3 Å². The van der Waals surface area contributed by atoms with Crippen LogP contribution in [0.15, 0.2) is 65.7 Å². The van der Waals surface area contributed by atoms with Crippen molar-refractivity contribution in [2.75, 3.05) is 5.32 Å². The Morgan fingerprint density at radius 2 is 1.88 bits per heavy atom. The SMILES string of the molecule is O=C(O)C(F)(F)F.c1cc(-c2cnco2)cc(-c2nnc(Nc3ccc4[nH]ncc4c3)s2)c1. The zero-order valence-electron chi connectivity index (χ0n) is 16.4. The number of aromatic amines is 1. The normalized spacial score (nSPS) is 11.1. The summed E-state index contributed by atoms with van der Waals surface area (Å²) in [7, 11) is 0. The number of rotatable bonds is 4. The lowest BCUT2D eigenvalue weighted by Crippen LogP contribution is -2.21. The Balaban J connectivity index is 0.000000325. The summed E-state index contributed by atoms with van der Waals surface area (Å²) in [5.74, 6) is -2.03. The van der Waals surface area contributed by atoms with E-state index < -0.39 is 12.1 Å². The minimum absolute atomic E-state index is 0.725. The van der Waals surface area contributed by atoms with Gasteiger partial charge >= 0.3 is 12.1 Å². The molecule has 0 amide bonds. The smallest absolute Gasteiger partial charge is 0.475 e. The maximum atomic E-state index is 10.6. The summed E-state index contributed by atoms with van der Waals surface area (Å²) >= 11 is 1.49. The molecule has 0 saturated heterocycles. The fourth-order valence-corrected chi connectivity index (χ4v) is 3.46. The molecule has 168 valence electrons. The second kappa shape index (κ2) is 9.08. The van der Waals surface area contributed by atoms with Crippen molar-refractivity contribution in [3.8, 4) is 21.9 Å². The standard InChI is InChI=1S/C18H12N6OS.C2HF3O2/c1-2-11(16-9-19-10-25-16)6-12(3-1)17-23-24-18(26-17)21-14-4-5-15-13(7-14)8-20-22-15;3-2(4,5)1(6)7/h1-10H,(H,20,22)(H,21,24);(H,6,7). The summed E-state index contributed by atoms with van der Waals surface area (Å²) in [5.41, 5.74) is 3.87. The molecule has 13 heteroatoms. The first-order valence-electron chi connectivity index (χ1n) is 9.12. The van der Waals surface area contributed by atoms with Gasteiger partial charge in [-0.05, 0) is 24.3 Å². The van der Waals surface area contributed by atoms with Crippen molar-refractivity contribution in [3.63, 3.8) is 0 Å². The molecular weight excluding hydrogens is 461 g/mol. The third kappa shape index (κ3) is 5.33. The number of H-pyrrole nitrogens is 1. The van der Waals surface area contributed by atoms with E-state index in [1.807, 2.05) is 42.5 Å². The summed E-state index contributed by atoms with van der Waals surface area (Å²) < 4.78 is 37.1. The number of carboxylic acid groups (broad SMARTS) is 1. The van der Waals surface area contributed by atoms with Gasteiger partial charge in [0.05, 0.1) is 17.9 Å². The van der Waals surface area contributed by atoms with Gasteiger partial charge in [0.25, 0.3) is 0 Å². The highest BCUT2D eigenvalue weighted by Crippen LogP contribution is 2.31. The first-order chi connectivity index (χ1) is 15.8. The highest BCUT2D eigenvalue weighted by Gasteiger charge is 2.38. The average molecular weight is 474 g/mol. The van der Waals surface area contributed by atoms with Gasteiger partial charge in [-0.3, -0.25) is 5.10 Å². The van der Waals surface area contributed by atoms with Crippen molar-refractivity contribution in [1.29, 1.82) is 0 Å². The maximum absolute atomic E-state index is 10.6. The maximum Gasteiger partial charge on any atom is 0.490 e. The van der Waals surface area contributed by atoms with E-state index in [2.05, 4.69) is 30.7 Å². The van der Waals surface area contributed by atoms with E-state index in [1.165, 1.54) is 17.7 Å². The Morgan fingerprint density at radius 1 is 1.09 bits per heavy atom. The number of benzene rings is 2. The van der Waals surface area contributed by atoms with Gasteiger partial charge in [0, 0.05) is 22.2 Å². The van der Waals surface area contributed by atoms with Crippen LogP contribution in [-0.4, -0.2) is 42.6 Å². The molecule has 5 aromatic rings. The van der Waals surface area contributed by atoms with Gasteiger partial charge in [0.2, 0.25) is 5.13 Å². The van der Waals surface area contributed by atoms with Crippen molar-refractivity contribution in [3.05, 3.63) is 61.3 Å². The first kappa shape index (κ1) is 22.0. The van der Waals surface area contributed by atoms with Gasteiger partial charge in [-0.2, -0.15) is 18.3 Å². The molecule has 0 aliphatic rings. The molecule has 0 radical (unpaired) electrons. The van der Waals surface area contributed by atoms with Crippen molar-refractivity contribution in [2.45, 2.75) is 6.18 Å². The average Bonchev–Trinajstić information content (AvgIpc) is 3.55. The monoisotopic (exact) mass is 474 g/mol. The van der Waals surface area contributed by atoms with E-state index in [9.17, 15) is 13.2 Å². The lowest BCUT2D eigenvalue weighted by Gasteiger charge is -2.01. The van der Waals surface area contributed by atoms with Gasteiger partial charge < -0.3 is 14.8 Å².